The Bertz CT molecular complexity index is 696. The van der Waals surface area contributed by atoms with E-state index in [0.29, 0.717) is 17.8 Å². The van der Waals surface area contributed by atoms with Crippen LogP contribution in [0.15, 0.2) is 29.4 Å². The fourth-order valence-corrected chi connectivity index (χ4v) is 3.18. The van der Waals surface area contributed by atoms with E-state index in [1.165, 1.54) is 18.3 Å². The van der Waals surface area contributed by atoms with Crippen molar-refractivity contribution in [3.63, 3.8) is 0 Å². The smallest absolute Gasteiger partial charge is 0.265 e. The summed E-state index contributed by atoms with van der Waals surface area (Å²) >= 11 is 5.80. The number of sulfonamides is 1. The predicted octanol–water partition coefficient (Wildman–Crippen LogP) is 1.83. The zero-order valence-corrected chi connectivity index (χ0v) is 12.0. The molecule has 6 nitrogen and oxygen atoms in total. The van der Waals surface area contributed by atoms with Crippen LogP contribution in [0.25, 0.3) is 0 Å². The minimum absolute atomic E-state index is 0.0532. The maximum absolute atomic E-state index is 12.2. The molecule has 0 fully saturated rings. The number of aromatic nitrogens is 3. The monoisotopic (exact) mass is 300 g/mol. The highest BCUT2D eigenvalue weighted by Gasteiger charge is 2.20. The number of aryl methyl sites for hydroxylation is 2. The summed E-state index contributed by atoms with van der Waals surface area (Å²) < 4.78 is 28.5. The third kappa shape index (κ3) is 2.87. The van der Waals surface area contributed by atoms with Crippen LogP contribution >= 0.6 is 11.6 Å². The van der Waals surface area contributed by atoms with Crippen molar-refractivity contribution >= 4 is 27.3 Å². The van der Waals surface area contributed by atoms with Crippen LogP contribution in [0.2, 0.25) is 5.15 Å². The summed E-state index contributed by atoms with van der Waals surface area (Å²) in [6, 6.07) is 2.92. The standard InChI is InChI=1S/C11H13ClN4O2S/c1-3-8-9(7-16(2)14-8)15-19(17,18)10-5-4-6-13-11(10)12/h4-7,15H,3H2,1-2H3. The second-order valence-corrected chi connectivity index (χ2v) is 5.92. The zero-order chi connectivity index (χ0) is 14.0. The van der Waals surface area contributed by atoms with Crippen molar-refractivity contribution in [3.05, 3.63) is 35.4 Å². The number of pyridine rings is 1. The van der Waals surface area contributed by atoms with Crippen molar-refractivity contribution in [3.8, 4) is 0 Å². The number of hydrogen-bond acceptors (Lipinski definition) is 4. The molecule has 8 heteroatoms. The van der Waals surface area contributed by atoms with Gasteiger partial charge in [-0.2, -0.15) is 5.10 Å². The Morgan fingerprint density at radius 1 is 1.47 bits per heavy atom. The van der Waals surface area contributed by atoms with E-state index in [4.69, 9.17) is 11.6 Å². The maximum Gasteiger partial charge on any atom is 0.265 e. The molecule has 0 bridgehead atoms. The van der Waals surface area contributed by atoms with E-state index in [2.05, 4.69) is 14.8 Å². The van der Waals surface area contributed by atoms with Gasteiger partial charge in [0.1, 0.15) is 10.0 Å². The van der Waals surface area contributed by atoms with Gasteiger partial charge in [0, 0.05) is 19.4 Å². The molecule has 0 unspecified atom stereocenters. The maximum atomic E-state index is 12.2. The van der Waals surface area contributed by atoms with E-state index in [9.17, 15) is 8.42 Å². The lowest BCUT2D eigenvalue weighted by atomic mass is 10.3. The molecular formula is C11H13ClN4O2S. The Hall–Kier alpha value is -1.60. The molecule has 0 saturated carbocycles. The number of hydrogen-bond donors (Lipinski definition) is 1. The lowest BCUT2D eigenvalue weighted by Gasteiger charge is -2.08. The van der Waals surface area contributed by atoms with Crippen LogP contribution in [0.4, 0.5) is 5.69 Å². The van der Waals surface area contributed by atoms with Gasteiger partial charge < -0.3 is 0 Å². The zero-order valence-electron chi connectivity index (χ0n) is 10.5. The number of halogens is 1. The SMILES string of the molecule is CCc1nn(C)cc1NS(=O)(=O)c1cccnc1Cl. The van der Waals surface area contributed by atoms with Gasteiger partial charge in [0.15, 0.2) is 0 Å². The van der Waals surface area contributed by atoms with Gasteiger partial charge in [-0.3, -0.25) is 9.40 Å². The van der Waals surface area contributed by atoms with Gasteiger partial charge in [0.05, 0.1) is 11.4 Å². The van der Waals surface area contributed by atoms with Gasteiger partial charge in [0.2, 0.25) is 0 Å². The van der Waals surface area contributed by atoms with Crippen molar-refractivity contribution in [2.24, 2.45) is 7.05 Å². The Balaban J connectivity index is 2.39. The molecule has 1 N–H and O–H groups in total. The summed E-state index contributed by atoms with van der Waals surface area (Å²) in [6.45, 7) is 1.90. The molecule has 0 aliphatic carbocycles. The quantitative estimate of drug-likeness (QED) is 0.874. The first-order chi connectivity index (χ1) is 8.94. The Labute approximate surface area is 116 Å². The van der Waals surface area contributed by atoms with Crippen LogP contribution in [-0.2, 0) is 23.5 Å². The molecular weight excluding hydrogens is 288 g/mol. The molecule has 2 rings (SSSR count). The first-order valence-corrected chi connectivity index (χ1v) is 7.46. The molecule has 19 heavy (non-hydrogen) atoms. The molecule has 0 radical (unpaired) electrons. The van der Waals surface area contributed by atoms with Crippen LogP contribution in [0, 0.1) is 0 Å². The van der Waals surface area contributed by atoms with Crippen molar-refractivity contribution < 1.29 is 8.42 Å². The Kier molecular flexibility index (Phi) is 3.77. The normalized spacial score (nSPS) is 11.5. The second kappa shape index (κ2) is 5.18. The fraction of sp³-hybridized carbons (Fsp3) is 0.273. The summed E-state index contributed by atoms with van der Waals surface area (Å²) in [5.74, 6) is 0. The van der Waals surface area contributed by atoms with Crippen LogP contribution in [0.3, 0.4) is 0 Å². The molecule has 0 aliphatic rings. The summed E-state index contributed by atoms with van der Waals surface area (Å²) in [7, 11) is -2.03. The number of rotatable bonds is 4. The van der Waals surface area contributed by atoms with Gasteiger partial charge in [-0.1, -0.05) is 18.5 Å². The minimum atomic E-state index is -3.76. The van der Waals surface area contributed by atoms with Crippen molar-refractivity contribution in [1.82, 2.24) is 14.8 Å². The predicted molar refractivity (Wildman–Crippen MR) is 72.6 cm³/mol. The highest BCUT2D eigenvalue weighted by Crippen LogP contribution is 2.23. The topological polar surface area (TPSA) is 76.9 Å². The number of nitrogens with zero attached hydrogens (tertiary/aromatic N) is 3. The van der Waals surface area contributed by atoms with Gasteiger partial charge in [-0.25, -0.2) is 13.4 Å². The summed E-state index contributed by atoms with van der Waals surface area (Å²) in [4.78, 5) is 3.71. The van der Waals surface area contributed by atoms with Gasteiger partial charge in [0.25, 0.3) is 10.0 Å². The lowest BCUT2D eigenvalue weighted by Crippen LogP contribution is -2.14. The Morgan fingerprint density at radius 3 is 2.84 bits per heavy atom. The molecule has 2 heterocycles. The fourth-order valence-electron chi connectivity index (χ4n) is 1.65. The second-order valence-electron chi connectivity index (χ2n) is 3.91. The summed E-state index contributed by atoms with van der Waals surface area (Å²) in [5, 5.41) is 4.11. The van der Waals surface area contributed by atoms with Crippen LogP contribution < -0.4 is 4.72 Å². The molecule has 0 atom stereocenters. The number of nitrogens with one attached hydrogen (secondary N) is 1. The van der Waals surface area contributed by atoms with Crippen LogP contribution in [0.5, 0.6) is 0 Å². The van der Waals surface area contributed by atoms with Crippen molar-refractivity contribution in [2.45, 2.75) is 18.2 Å². The van der Waals surface area contributed by atoms with E-state index in [1.807, 2.05) is 6.92 Å². The third-order valence-electron chi connectivity index (χ3n) is 2.50. The Morgan fingerprint density at radius 2 is 2.21 bits per heavy atom. The molecule has 0 aliphatic heterocycles. The van der Waals surface area contributed by atoms with E-state index in [1.54, 1.807) is 17.9 Å². The van der Waals surface area contributed by atoms with Crippen molar-refractivity contribution in [2.75, 3.05) is 4.72 Å². The van der Waals surface area contributed by atoms with Crippen LogP contribution in [-0.4, -0.2) is 23.2 Å². The largest absolute Gasteiger partial charge is 0.276 e. The highest BCUT2D eigenvalue weighted by molar-refractivity contribution is 7.92. The third-order valence-corrected chi connectivity index (χ3v) is 4.31. The summed E-state index contributed by atoms with van der Waals surface area (Å²) in [6.07, 6.45) is 3.67. The highest BCUT2D eigenvalue weighted by atomic mass is 35.5. The number of anilines is 1. The molecule has 102 valence electrons. The molecule has 2 aromatic heterocycles. The first-order valence-electron chi connectivity index (χ1n) is 5.60. The van der Waals surface area contributed by atoms with E-state index in [0.717, 1.165) is 0 Å². The van der Waals surface area contributed by atoms with Crippen molar-refractivity contribution in [1.29, 1.82) is 0 Å². The van der Waals surface area contributed by atoms with E-state index in [-0.39, 0.29) is 10.0 Å². The lowest BCUT2D eigenvalue weighted by molar-refractivity contribution is 0.601. The molecule has 0 aromatic carbocycles. The van der Waals surface area contributed by atoms with Gasteiger partial charge >= 0.3 is 0 Å². The molecule has 2 aromatic rings. The molecule has 0 spiro atoms. The van der Waals surface area contributed by atoms with E-state index >= 15 is 0 Å². The summed E-state index contributed by atoms with van der Waals surface area (Å²) in [5.41, 5.74) is 1.12. The van der Waals surface area contributed by atoms with Gasteiger partial charge in [-0.15, -0.1) is 0 Å². The average molecular weight is 301 g/mol. The average Bonchev–Trinajstić information content (AvgIpc) is 2.69. The van der Waals surface area contributed by atoms with E-state index < -0.39 is 10.0 Å². The molecule has 0 saturated heterocycles. The molecule has 0 amide bonds. The minimum Gasteiger partial charge on any atom is -0.276 e. The van der Waals surface area contributed by atoms with Crippen LogP contribution in [0.1, 0.15) is 12.6 Å². The van der Waals surface area contributed by atoms with Gasteiger partial charge in [-0.05, 0) is 18.6 Å². The first kappa shape index (κ1) is 13.8.